The maximum atomic E-state index is 13.8. The van der Waals surface area contributed by atoms with Crippen LogP contribution in [0.2, 0.25) is 0 Å². The van der Waals surface area contributed by atoms with E-state index in [1.807, 2.05) is 43.6 Å². The molecule has 7 rings (SSSR count). The molecule has 1 aliphatic carbocycles. The van der Waals surface area contributed by atoms with E-state index in [0.29, 0.717) is 12.1 Å². The summed E-state index contributed by atoms with van der Waals surface area (Å²) < 4.78 is 45.3. The number of pyridine rings is 1. The lowest BCUT2D eigenvalue weighted by molar-refractivity contribution is -0.141. The first kappa shape index (κ1) is 33.6. The average Bonchev–Trinajstić information content (AvgIpc) is 3.47. The van der Waals surface area contributed by atoms with Crippen LogP contribution in [0.15, 0.2) is 67.4 Å². The van der Waals surface area contributed by atoms with Crippen LogP contribution >= 0.6 is 0 Å². The molecule has 1 aromatic carbocycles. The van der Waals surface area contributed by atoms with Gasteiger partial charge in [-0.2, -0.15) is 43.9 Å². The van der Waals surface area contributed by atoms with E-state index in [0.717, 1.165) is 38.4 Å². The smallest absolute Gasteiger partial charge is 0.348 e. The number of aromatic nitrogens is 10. The molecule has 51 heavy (non-hydrogen) atoms. The highest BCUT2D eigenvalue weighted by atomic mass is 19.4. The minimum atomic E-state index is -4.69. The molecule has 0 bridgehead atoms. The van der Waals surface area contributed by atoms with Gasteiger partial charge in [0.15, 0.2) is 11.3 Å². The Hall–Kier alpha value is -5.87. The Labute approximate surface area is 289 Å². The zero-order chi connectivity index (χ0) is 36.1. The molecule has 0 unspecified atom stereocenters. The van der Waals surface area contributed by atoms with Gasteiger partial charge in [0, 0.05) is 56.0 Å². The zero-order valence-electron chi connectivity index (χ0n) is 28.2. The summed E-state index contributed by atoms with van der Waals surface area (Å²) >= 11 is 0. The maximum absolute atomic E-state index is 13.8. The summed E-state index contributed by atoms with van der Waals surface area (Å²) in [5.41, 5.74) is 2.44. The Morgan fingerprint density at radius 1 is 1.00 bits per heavy atom. The van der Waals surface area contributed by atoms with Gasteiger partial charge in [0.05, 0.1) is 30.2 Å². The minimum absolute atomic E-state index is 0.00545. The number of alkyl halides is 3. The molecule has 1 fully saturated rings. The molecule has 14 nitrogen and oxygen atoms in total. The molecule has 17 heteroatoms. The highest BCUT2D eigenvalue weighted by Gasteiger charge is 2.45. The second-order valence-corrected chi connectivity index (χ2v) is 13.6. The first-order valence-corrected chi connectivity index (χ1v) is 16.2. The van der Waals surface area contributed by atoms with Gasteiger partial charge in [-0.3, -0.25) is 23.6 Å². The lowest BCUT2D eigenvalue weighted by Crippen LogP contribution is -2.55. The molecule has 5 heterocycles. The third-order valence-corrected chi connectivity index (χ3v) is 8.86. The van der Waals surface area contributed by atoms with E-state index in [4.69, 9.17) is 0 Å². The third kappa shape index (κ3) is 7.36. The Balaban J connectivity index is 1.04. The summed E-state index contributed by atoms with van der Waals surface area (Å²) in [6.07, 6.45) is 4.47. The molecule has 6 aromatic rings. The number of nitrogens with zero attached hydrogens (tertiary/aromatic N) is 9. The fourth-order valence-corrected chi connectivity index (χ4v) is 6.31. The predicted molar refractivity (Wildman–Crippen MR) is 178 cm³/mol. The normalized spacial score (nSPS) is 16.7. The summed E-state index contributed by atoms with van der Waals surface area (Å²) in [5, 5.41) is 29.1. The second kappa shape index (κ2) is 12.8. The zero-order valence-corrected chi connectivity index (χ0v) is 28.2. The van der Waals surface area contributed by atoms with Crippen LogP contribution in [0.5, 0.6) is 0 Å². The first-order valence-electron chi connectivity index (χ1n) is 16.2. The van der Waals surface area contributed by atoms with Gasteiger partial charge in [-0.05, 0) is 55.0 Å². The van der Waals surface area contributed by atoms with Crippen LogP contribution in [0.4, 0.5) is 13.2 Å². The van der Waals surface area contributed by atoms with Crippen molar-refractivity contribution in [1.82, 2.24) is 60.4 Å². The van der Waals surface area contributed by atoms with Crippen LogP contribution in [0.25, 0.3) is 33.5 Å². The van der Waals surface area contributed by atoms with Crippen molar-refractivity contribution in [1.29, 1.82) is 0 Å². The molecule has 264 valence electrons. The van der Waals surface area contributed by atoms with Crippen molar-refractivity contribution in [2.45, 2.75) is 56.9 Å². The molecule has 1 saturated carbocycles. The number of hydrogen-bond acceptors (Lipinski definition) is 8. The minimum Gasteiger partial charge on any atom is -0.348 e. The molecular weight excluding hydrogens is 665 g/mol. The number of H-pyrrole nitrogens is 1. The van der Waals surface area contributed by atoms with Crippen LogP contribution in [0.3, 0.4) is 0 Å². The van der Waals surface area contributed by atoms with E-state index in [9.17, 15) is 22.8 Å². The van der Waals surface area contributed by atoms with Crippen LogP contribution < -0.4 is 10.6 Å². The summed E-state index contributed by atoms with van der Waals surface area (Å²) in [6, 6.07) is 9.99. The van der Waals surface area contributed by atoms with E-state index < -0.39 is 29.4 Å². The van der Waals surface area contributed by atoms with Crippen LogP contribution in [-0.4, -0.2) is 73.1 Å². The van der Waals surface area contributed by atoms with Crippen molar-refractivity contribution in [3.8, 4) is 22.5 Å². The number of benzene rings is 1. The number of halogens is 3. The van der Waals surface area contributed by atoms with Gasteiger partial charge in [0.1, 0.15) is 11.7 Å². The maximum Gasteiger partial charge on any atom is 0.435 e. The Kier molecular flexibility index (Phi) is 8.43. The fourth-order valence-electron chi connectivity index (χ4n) is 6.31. The first-order chi connectivity index (χ1) is 24.2. The van der Waals surface area contributed by atoms with Gasteiger partial charge in [0.25, 0.3) is 0 Å². The summed E-state index contributed by atoms with van der Waals surface area (Å²) in [6.45, 7) is 3.21. The number of aryl methyl sites for hydroxylation is 2. The quantitative estimate of drug-likeness (QED) is 0.184. The van der Waals surface area contributed by atoms with Crippen molar-refractivity contribution >= 4 is 22.8 Å². The van der Waals surface area contributed by atoms with Crippen molar-refractivity contribution in [3.05, 3.63) is 84.2 Å². The summed E-state index contributed by atoms with van der Waals surface area (Å²) in [4.78, 5) is 31.9. The number of carbonyl (C=O) groups excluding carboxylic acids is 2. The number of carbonyl (C=O) groups is 2. The Morgan fingerprint density at radius 3 is 2.47 bits per heavy atom. The lowest BCUT2D eigenvalue weighted by atomic mass is 10.0. The molecule has 0 saturated heterocycles. The standard InChI is InChI=1S/C34H35F3N12O2/c1-33(2,18-49-28(27-15-39-46-43-27)12-29(44-49)34(35,36)37)42-32(51)26(9-19-13-40-47(3)16-19)41-31(50)25-11-24(25)21-7-5-20(6-8-21)22-10-23-17-48(4)45-30(23)38-14-22/h5-8,10,12-17,24-26H,9,11,18H2,1-4H3,(H,41,50)(H,42,51)(H,39,43,46)/t24-,25+,26-/m1/s1. The van der Waals surface area contributed by atoms with E-state index in [1.54, 1.807) is 48.8 Å². The van der Waals surface area contributed by atoms with Crippen molar-refractivity contribution < 1.29 is 22.8 Å². The van der Waals surface area contributed by atoms with Gasteiger partial charge in [-0.25, -0.2) is 4.98 Å². The number of amides is 2. The predicted octanol–water partition coefficient (Wildman–Crippen LogP) is 3.80. The highest BCUT2D eigenvalue weighted by molar-refractivity contribution is 5.90. The van der Waals surface area contributed by atoms with Gasteiger partial charge < -0.3 is 10.6 Å². The topological polar surface area (TPSA) is 166 Å². The highest BCUT2D eigenvalue weighted by Crippen LogP contribution is 2.48. The number of rotatable bonds is 11. The number of aromatic amines is 1. The van der Waals surface area contributed by atoms with E-state index in [1.165, 1.54) is 6.20 Å². The molecule has 0 spiro atoms. The Morgan fingerprint density at radius 2 is 1.78 bits per heavy atom. The fraction of sp³-hybridized carbons (Fsp3) is 0.353. The largest absolute Gasteiger partial charge is 0.435 e. The number of hydrogen-bond donors (Lipinski definition) is 3. The monoisotopic (exact) mass is 700 g/mol. The van der Waals surface area contributed by atoms with E-state index >= 15 is 0 Å². The van der Waals surface area contributed by atoms with Crippen molar-refractivity contribution in [3.63, 3.8) is 0 Å². The Bertz CT molecular complexity index is 2200. The average molecular weight is 701 g/mol. The summed E-state index contributed by atoms with van der Waals surface area (Å²) in [7, 11) is 3.60. The number of fused-ring (bicyclic) bond motifs is 1. The van der Waals surface area contributed by atoms with Crippen LogP contribution in [-0.2, 0) is 42.8 Å². The molecule has 1 aliphatic rings. The second-order valence-electron chi connectivity index (χ2n) is 13.6. The number of nitrogens with one attached hydrogen (secondary N) is 3. The van der Waals surface area contributed by atoms with E-state index in [-0.39, 0.29) is 42.1 Å². The molecule has 0 radical (unpaired) electrons. The summed E-state index contributed by atoms with van der Waals surface area (Å²) in [5.74, 6) is -1.08. The van der Waals surface area contributed by atoms with Crippen molar-refractivity contribution in [2.75, 3.05) is 0 Å². The molecule has 3 N–H and O–H groups in total. The van der Waals surface area contributed by atoms with Gasteiger partial charge >= 0.3 is 6.18 Å². The molecule has 3 atom stereocenters. The van der Waals surface area contributed by atoms with Crippen molar-refractivity contribution in [2.24, 2.45) is 20.0 Å². The van der Waals surface area contributed by atoms with Crippen LogP contribution in [0.1, 0.15) is 43.0 Å². The molecular formula is C34H35F3N12O2. The third-order valence-electron chi connectivity index (χ3n) is 8.86. The molecule has 2 amide bonds. The van der Waals surface area contributed by atoms with Crippen LogP contribution in [0, 0.1) is 5.92 Å². The van der Waals surface area contributed by atoms with Gasteiger partial charge in [0.2, 0.25) is 11.8 Å². The van der Waals surface area contributed by atoms with Gasteiger partial charge in [-0.15, -0.1) is 0 Å². The SMILES string of the molecule is Cn1cc(C[C@@H](NC(=O)[C@H]2C[C@@H]2c2ccc(-c3cnc4nn(C)cc4c3)cc2)C(=O)NC(C)(C)Cn2nc(C(F)(F)F)cc2-c2cn[nH]n2)cn1. The lowest BCUT2D eigenvalue weighted by Gasteiger charge is -2.29. The molecule has 5 aromatic heterocycles. The molecule has 0 aliphatic heterocycles. The van der Waals surface area contributed by atoms with Gasteiger partial charge in [-0.1, -0.05) is 24.3 Å². The van der Waals surface area contributed by atoms with E-state index in [2.05, 4.69) is 46.3 Å².